The van der Waals surface area contributed by atoms with Gasteiger partial charge in [0.2, 0.25) is 10.0 Å². The topological polar surface area (TPSA) is 40.6 Å². The first-order valence-corrected chi connectivity index (χ1v) is 9.13. The third-order valence-corrected chi connectivity index (χ3v) is 6.05. The zero-order valence-electron chi connectivity index (χ0n) is 13.0. The summed E-state index contributed by atoms with van der Waals surface area (Å²) in [4.78, 5) is 1.26. The predicted octanol–water partition coefficient (Wildman–Crippen LogP) is 2.47. The highest BCUT2D eigenvalue weighted by Crippen LogP contribution is 2.23. The molecule has 0 amide bonds. The molecule has 0 saturated carbocycles. The summed E-state index contributed by atoms with van der Waals surface area (Å²) in [6, 6.07) is 12.9. The number of halogens is 2. The number of nitrogens with zero attached hydrogens (tertiary/aromatic N) is 2. The molecule has 1 heterocycles. The molecule has 1 saturated heterocycles. The predicted molar refractivity (Wildman–Crippen MR) is 86.8 cm³/mol. The van der Waals surface area contributed by atoms with E-state index >= 15 is 0 Å². The van der Waals surface area contributed by atoms with E-state index in [0.717, 1.165) is 34.6 Å². The maximum atomic E-state index is 13.8. The van der Waals surface area contributed by atoms with E-state index in [9.17, 15) is 17.2 Å². The van der Waals surface area contributed by atoms with E-state index in [2.05, 4.69) is 4.90 Å². The SMILES string of the molecule is O=S(=O)(c1c(F)cccc1F)N1CCN(Cc2ccccc2)CC1. The standard InChI is InChI=1S/C17H18F2N2O2S/c18-15-7-4-8-16(19)17(15)24(22,23)21-11-9-20(10-12-21)13-14-5-2-1-3-6-14/h1-8H,9-13H2. The van der Waals surface area contributed by atoms with Gasteiger partial charge in [0.15, 0.2) is 4.90 Å². The van der Waals surface area contributed by atoms with Gasteiger partial charge in [-0.2, -0.15) is 4.31 Å². The Hall–Kier alpha value is -1.83. The highest BCUT2D eigenvalue weighted by Gasteiger charge is 2.32. The van der Waals surface area contributed by atoms with Crippen LogP contribution in [0.5, 0.6) is 0 Å². The number of sulfonamides is 1. The molecule has 128 valence electrons. The fraction of sp³-hybridized carbons (Fsp3) is 0.294. The molecule has 1 fully saturated rings. The van der Waals surface area contributed by atoms with Crippen LogP contribution in [-0.4, -0.2) is 43.8 Å². The van der Waals surface area contributed by atoms with Gasteiger partial charge in [-0.3, -0.25) is 4.90 Å². The van der Waals surface area contributed by atoms with Crippen LogP contribution in [0.25, 0.3) is 0 Å². The highest BCUT2D eigenvalue weighted by molar-refractivity contribution is 7.89. The van der Waals surface area contributed by atoms with Gasteiger partial charge in [-0.1, -0.05) is 36.4 Å². The lowest BCUT2D eigenvalue weighted by atomic mass is 10.2. The Morgan fingerprint density at radius 1 is 0.833 bits per heavy atom. The van der Waals surface area contributed by atoms with Gasteiger partial charge in [0.1, 0.15) is 11.6 Å². The van der Waals surface area contributed by atoms with Crippen molar-refractivity contribution in [1.82, 2.24) is 9.21 Å². The number of hydrogen-bond donors (Lipinski definition) is 0. The molecule has 0 unspecified atom stereocenters. The van der Waals surface area contributed by atoms with E-state index in [1.807, 2.05) is 30.3 Å². The van der Waals surface area contributed by atoms with Crippen molar-refractivity contribution in [3.8, 4) is 0 Å². The third kappa shape index (κ3) is 3.48. The first-order valence-electron chi connectivity index (χ1n) is 7.69. The second-order valence-corrected chi connectivity index (χ2v) is 7.59. The van der Waals surface area contributed by atoms with Crippen molar-refractivity contribution in [2.45, 2.75) is 11.4 Å². The van der Waals surface area contributed by atoms with Gasteiger partial charge < -0.3 is 0 Å². The Balaban J connectivity index is 1.70. The van der Waals surface area contributed by atoms with Crippen molar-refractivity contribution in [1.29, 1.82) is 0 Å². The molecule has 0 atom stereocenters. The van der Waals surface area contributed by atoms with Crippen molar-refractivity contribution in [2.24, 2.45) is 0 Å². The largest absolute Gasteiger partial charge is 0.296 e. The molecule has 0 aliphatic carbocycles. The molecule has 7 heteroatoms. The zero-order chi connectivity index (χ0) is 17.2. The zero-order valence-corrected chi connectivity index (χ0v) is 13.8. The fourth-order valence-electron chi connectivity index (χ4n) is 2.83. The van der Waals surface area contributed by atoms with Gasteiger partial charge in [0.05, 0.1) is 0 Å². The number of rotatable bonds is 4. The lowest BCUT2D eigenvalue weighted by Crippen LogP contribution is -2.48. The monoisotopic (exact) mass is 352 g/mol. The van der Waals surface area contributed by atoms with E-state index < -0.39 is 26.6 Å². The van der Waals surface area contributed by atoms with Gasteiger partial charge in [0, 0.05) is 32.7 Å². The molecule has 2 aromatic carbocycles. The fourth-order valence-corrected chi connectivity index (χ4v) is 4.36. The summed E-state index contributed by atoms with van der Waals surface area (Å²) < 4.78 is 53.8. The molecule has 1 aliphatic rings. The minimum atomic E-state index is -4.16. The molecule has 0 N–H and O–H groups in total. The van der Waals surface area contributed by atoms with Gasteiger partial charge in [-0.25, -0.2) is 17.2 Å². The molecular weight excluding hydrogens is 334 g/mol. The van der Waals surface area contributed by atoms with Crippen molar-refractivity contribution >= 4 is 10.0 Å². The lowest BCUT2D eigenvalue weighted by Gasteiger charge is -2.34. The summed E-state index contributed by atoms with van der Waals surface area (Å²) in [6.45, 7) is 2.18. The minimum Gasteiger partial charge on any atom is -0.296 e. The molecular formula is C17H18F2N2O2S. The van der Waals surface area contributed by atoms with Crippen LogP contribution >= 0.6 is 0 Å². The Kier molecular flexibility index (Phi) is 4.93. The van der Waals surface area contributed by atoms with E-state index in [1.165, 1.54) is 0 Å². The van der Waals surface area contributed by atoms with E-state index in [1.54, 1.807) is 0 Å². The van der Waals surface area contributed by atoms with Crippen molar-refractivity contribution in [2.75, 3.05) is 26.2 Å². The third-order valence-electron chi connectivity index (χ3n) is 4.10. The summed E-state index contributed by atoms with van der Waals surface area (Å²) in [5.41, 5.74) is 1.15. The second kappa shape index (κ2) is 6.96. The summed E-state index contributed by atoms with van der Waals surface area (Å²) in [5.74, 6) is -2.11. The van der Waals surface area contributed by atoms with Crippen LogP contribution in [0.1, 0.15) is 5.56 Å². The molecule has 0 bridgehead atoms. The molecule has 0 radical (unpaired) electrons. The molecule has 24 heavy (non-hydrogen) atoms. The van der Waals surface area contributed by atoms with Crippen molar-refractivity contribution in [3.05, 3.63) is 65.7 Å². The average molecular weight is 352 g/mol. The van der Waals surface area contributed by atoms with Crippen LogP contribution in [0.4, 0.5) is 8.78 Å². The first-order chi connectivity index (χ1) is 11.5. The van der Waals surface area contributed by atoms with E-state index in [4.69, 9.17) is 0 Å². The molecule has 2 aromatic rings. The van der Waals surface area contributed by atoms with Gasteiger partial charge in [0.25, 0.3) is 0 Å². The highest BCUT2D eigenvalue weighted by atomic mass is 32.2. The number of benzene rings is 2. The van der Waals surface area contributed by atoms with Crippen LogP contribution in [0, 0.1) is 11.6 Å². The average Bonchev–Trinajstić information content (AvgIpc) is 2.56. The molecule has 1 aliphatic heterocycles. The Bertz CT molecular complexity index is 784. The van der Waals surface area contributed by atoms with Crippen molar-refractivity contribution in [3.63, 3.8) is 0 Å². The van der Waals surface area contributed by atoms with Crippen LogP contribution in [0.2, 0.25) is 0 Å². The van der Waals surface area contributed by atoms with Crippen LogP contribution < -0.4 is 0 Å². The lowest BCUT2D eigenvalue weighted by molar-refractivity contribution is 0.181. The molecule has 3 rings (SSSR count). The summed E-state index contributed by atoms with van der Waals surface area (Å²) in [7, 11) is -4.16. The normalized spacial score (nSPS) is 17.1. The van der Waals surface area contributed by atoms with Gasteiger partial charge >= 0.3 is 0 Å². The molecule has 0 aromatic heterocycles. The maximum absolute atomic E-state index is 13.8. The van der Waals surface area contributed by atoms with Crippen LogP contribution in [0.3, 0.4) is 0 Å². The summed E-state index contributed by atoms with van der Waals surface area (Å²) >= 11 is 0. The maximum Gasteiger partial charge on any atom is 0.249 e. The molecule has 4 nitrogen and oxygen atoms in total. The smallest absolute Gasteiger partial charge is 0.249 e. The quantitative estimate of drug-likeness (QED) is 0.849. The Morgan fingerprint density at radius 2 is 1.42 bits per heavy atom. The molecule has 0 spiro atoms. The Morgan fingerprint density at radius 3 is 2.00 bits per heavy atom. The summed E-state index contributed by atoms with van der Waals surface area (Å²) in [5, 5.41) is 0. The Labute approximate surface area is 140 Å². The van der Waals surface area contributed by atoms with E-state index in [-0.39, 0.29) is 13.1 Å². The minimum absolute atomic E-state index is 0.211. The van der Waals surface area contributed by atoms with Crippen LogP contribution in [0.15, 0.2) is 53.4 Å². The first kappa shape index (κ1) is 17.0. The van der Waals surface area contributed by atoms with E-state index in [0.29, 0.717) is 13.1 Å². The van der Waals surface area contributed by atoms with Crippen molar-refractivity contribution < 1.29 is 17.2 Å². The summed E-state index contributed by atoms with van der Waals surface area (Å²) in [6.07, 6.45) is 0. The number of hydrogen-bond acceptors (Lipinski definition) is 3. The second-order valence-electron chi connectivity index (χ2n) is 5.72. The van der Waals surface area contributed by atoms with Gasteiger partial charge in [-0.15, -0.1) is 0 Å². The van der Waals surface area contributed by atoms with Gasteiger partial charge in [-0.05, 0) is 17.7 Å². The number of piperazine rings is 1. The van der Waals surface area contributed by atoms with Crippen LogP contribution in [-0.2, 0) is 16.6 Å².